The van der Waals surface area contributed by atoms with E-state index in [1.54, 1.807) is 0 Å². The van der Waals surface area contributed by atoms with Crippen molar-refractivity contribution in [3.05, 3.63) is 0 Å². The molecule has 0 unspecified atom stereocenters. The maximum atomic E-state index is 10.1. The third-order valence-electron chi connectivity index (χ3n) is 1.08. The Morgan fingerprint density at radius 2 is 1.00 bits per heavy atom. The fourth-order valence-electron chi connectivity index (χ4n) is 0.742. The Morgan fingerprint density at radius 3 is 1.14 bits per heavy atom. The molecule has 0 aromatic heterocycles. The summed E-state index contributed by atoms with van der Waals surface area (Å²) in [5, 5.41) is 24.8. The van der Waals surface area contributed by atoms with Crippen molar-refractivity contribution in [3.63, 3.8) is 0 Å². The van der Waals surface area contributed by atoms with E-state index >= 15 is 0 Å². The molecule has 78 valence electrons. The first-order valence-corrected chi connectivity index (χ1v) is 3.29. The first kappa shape index (κ1) is 16.4. The molecule has 7 nitrogen and oxygen atoms in total. The molecule has 0 aliphatic carbocycles. The van der Waals surface area contributed by atoms with E-state index in [0.717, 1.165) is 4.90 Å². The van der Waals surface area contributed by atoms with Crippen molar-refractivity contribution in [1.82, 2.24) is 4.90 Å². The molecule has 0 amide bonds. The van der Waals surface area contributed by atoms with Crippen molar-refractivity contribution in [2.75, 3.05) is 19.6 Å². The number of carboxylic acid groups (broad SMARTS) is 3. The van der Waals surface area contributed by atoms with Crippen LogP contribution in [0.5, 0.6) is 0 Å². The van der Waals surface area contributed by atoms with Crippen LogP contribution in [0.15, 0.2) is 0 Å². The van der Waals surface area contributed by atoms with Gasteiger partial charge in [-0.2, -0.15) is 0 Å². The number of hydrogen-bond donors (Lipinski definition) is 3. The van der Waals surface area contributed by atoms with Crippen LogP contribution < -0.4 is 0 Å². The summed E-state index contributed by atoms with van der Waals surface area (Å²) in [6.07, 6.45) is 0. The van der Waals surface area contributed by atoms with Crippen LogP contribution in [0.3, 0.4) is 0 Å². The summed E-state index contributed by atoms with van der Waals surface area (Å²) in [6, 6.07) is 0. The number of nitrogens with zero attached hydrogens (tertiary/aromatic N) is 1. The van der Waals surface area contributed by atoms with Crippen LogP contribution in [0, 0.1) is 0 Å². The van der Waals surface area contributed by atoms with Crippen molar-refractivity contribution in [1.29, 1.82) is 0 Å². The van der Waals surface area contributed by atoms with E-state index in [9.17, 15) is 14.4 Å². The SMILES string of the molecule is O=C(O)CN(CC(=O)O)CC(=O)O.[BaH2]. The van der Waals surface area contributed by atoms with Crippen molar-refractivity contribution in [3.8, 4) is 0 Å². The van der Waals surface area contributed by atoms with Crippen LogP contribution in [0.25, 0.3) is 0 Å². The molecule has 14 heavy (non-hydrogen) atoms. The third-order valence-corrected chi connectivity index (χ3v) is 1.08. The summed E-state index contributed by atoms with van der Waals surface area (Å²) in [5.74, 6) is -3.78. The van der Waals surface area contributed by atoms with Crippen LogP contribution in [-0.2, 0) is 14.4 Å². The molecule has 0 atom stereocenters. The van der Waals surface area contributed by atoms with E-state index in [4.69, 9.17) is 15.3 Å². The van der Waals surface area contributed by atoms with E-state index in [-0.39, 0.29) is 48.9 Å². The average molecular weight is 330 g/mol. The predicted molar refractivity (Wildman–Crippen MR) is 47.9 cm³/mol. The second kappa shape index (κ2) is 8.27. The Morgan fingerprint density at radius 1 is 0.786 bits per heavy atom. The number of carbonyl (C=O) groups is 3. The molecule has 0 spiro atoms. The number of hydrogen-bond acceptors (Lipinski definition) is 4. The normalized spacial score (nSPS) is 9.21. The molecular weight excluding hydrogens is 319 g/mol. The molecule has 0 aliphatic rings. The molecule has 8 heteroatoms. The first-order valence-electron chi connectivity index (χ1n) is 3.29. The zero-order valence-corrected chi connectivity index (χ0v) is 6.63. The van der Waals surface area contributed by atoms with Crippen LogP contribution >= 0.6 is 0 Å². The van der Waals surface area contributed by atoms with Gasteiger partial charge in [-0.1, -0.05) is 0 Å². The Bertz CT molecular complexity index is 192. The second-order valence-electron chi connectivity index (χ2n) is 2.33. The maximum absolute atomic E-state index is 10.1. The summed E-state index contributed by atoms with van der Waals surface area (Å²) >= 11 is 0. The topological polar surface area (TPSA) is 115 Å². The van der Waals surface area contributed by atoms with Gasteiger partial charge >= 0.3 is 66.8 Å². The van der Waals surface area contributed by atoms with E-state index in [0.29, 0.717) is 0 Å². The van der Waals surface area contributed by atoms with Crippen LogP contribution in [0.1, 0.15) is 0 Å². The molecule has 0 radical (unpaired) electrons. The zero-order valence-electron chi connectivity index (χ0n) is 6.63. The van der Waals surface area contributed by atoms with Gasteiger partial charge in [0.15, 0.2) is 0 Å². The van der Waals surface area contributed by atoms with Gasteiger partial charge in [-0.25, -0.2) is 0 Å². The molecule has 0 aromatic carbocycles. The summed E-state index contributed by atoms with van der Waals surface area (Å²) in [6.45, 7) is -1.80. The zero-order chi connectivity index (χ0) is 10.4. The van der Waals surface area contributed by atoms with E-state index in [1.165, 1.54) is 0 Å². The molecule has 0 aliphatic heterocycles. The number of rotatable bonds is 6. The summed E-state index contributed by atoms with van der Waals surface area (Å²) in [7, 11) is 0. The summed E-state index contributed by atoms with van der Waals surface area (Å²) in [4.78, 5) is 31.2. The Kier molecular flexibility index (Phi) is 9.67. The average Bonchev–Trinajstić information content (AvgIpc) is 1.80. The van der Waals surface area contributed by atoms with Crippen LogP contribution in [-0.4, -0.2) is 107 Å². The Balaban J connectivity index is 0. The van der Waals surface area contributed by atoms with Gasteiger partial charge in [0.05, 0.1) is 19.6 Å². The minimum atomic E-state index is -1.26. The molecule has 0 aromatic rings. The molecule has 0 fully saturated rings. The molecule has 0 saturated heterocycles. The van der Waals surface area contributed by atoms with Gasteiger partial charge in [-0.3, -0.25) is 19.3 Å². The monoisotopic (exact) mass is 331 g/mol. The number of carboxylic acids is 3. The predicted octanol–water partition coefficient (Wildman–Crippen LogP) is -2.37. The first-order chi connectivity index (χ1) is 5.91. The van der Waals surface area contributed by atoms with Gasteiger partial charge in [0.2, 0.25) is 0 Å². The van der Waals surface area contributed by atoms with E-state index < -0.39 is 37.5 Å². The standard InChI is InChI=1S/C6H9NO6.Ba.2H/c8-4(9)1-7(2-5(10)11)3-6(12)13;;;/h1-3H2,(H,8,9)(H,10,11)(H,12,13);;;. The van der Waals surface area contributed by atoms with Crippen molar-refractivity contribution in [2.45, 2.75) is 0 Å². The fourth-order valence-corrected chi connectivity index (χ4v) is 0.742. The van der Waals surface area contributed by atoms with Gasteiger partial charge in [0.25, 0.3) is 0 Å². The Hall–Kier alpha value is -0.0586. The van der Waals surface area contributed by atoms with Crippen LogP contribution in [0.4, 0.5) is 0 Å². The van der Waals surface area contributed by atoms with Crippen molar-refractivity contribution in [2.24, 2.45) is 0 Å². The van der Waals surface area contributed by atoms with Crippen LogP contribution in [0.2, 0.25) is 0 Å². The van der Waals surface area contributed by atoms with Crippen molar-refractivity contribution < 1.29 is 29.7 Å². The quantitative estimate of drug-likeness (QED) is 0.466. The van der Waals surface area contributed by atoms with Crippen molar-refractivity contribution >= 4 is 66.8 Å². The molecule has 0 bridgehead atoms. The molecular formula is C6H11BaNO6. The van der Waals surface area contributed by atoms with Gasteiger partial charge in [-0.15, -0.1) is 0 Å². The number of aliphatic carboxylic acids is 3. The molecule has 0 rings (SSSR count). The van der Waals surface area contributed by atoms with Gasteiger partial charge in [-0.05, 0) is 0 Å². The van der Waals surface area contributed by atoms with E-state index in [1.807, 2.05) is 0 Å². The molecule has 0 heterocycles. The van der Waals surface area contributed by atoms with Gasteiger partial charge < -0.3 is 15.3 Å². The summed E-state index contributed by atoms with van der Waals surface area (Å²) in [5.41, 5.74) is 0. The van der Waals surface area contributed by atoms with Gasteiger partial charge in [0.1, 0.15) is 0 Å². The van der Waals surface area contributed by atoms with Gasteiger partial charge in [0, 0.05) is 0 Å². The third kappa shape index (κ3) is 10.0. The minimum absolute atomic E-state index is 0. The van der Waals surface area contributed by atoms with E-state index in [2.05, 4.69) is 0 Å². The molecule has 0 saturated carbocycles. The Labute approximate surface area is 120 Å². The molecule has 3 N–H and O–H groups in total. The second-order valence-corrected chi connectivity index (χ2v) is 2.33. The summed E-state index contributed by atoms with van der Waals surface area (Å²) < 4.78 is 0. The fraction of sp³-hybridized carbons (Fsp3) is 0.500.